The maximum absolute atomic E-state index is 5.98. The third kappa shape index (κ3) is 2.91. The Bertz CT molecular complexity index is 445. The van der Waals surface area contributed by atoms with E-state index in [-0.39, 0.29) is 5.54 Å². The third-order valence-electron chi connectivity index (χ3n) is 4.19. The lowest BCUT2D eigenvalue weighted by molar-refractivity contribution is 0.139. The van der Waals surface area contributed by atoms with Gasteiger partial charge in [0.15, 0.2) is 0 Å². The van der Waals surface area contributed by atoms with Gasteiger partial charge < -0.3 is 10.6 Å². The van der Waals surface area contributed by atoms with Crippen LogP contribution in [0.1, 0.15) is 19.4 Å². The molecule has 0 unspecified atom stereocenters. The first-order chi connectivity index (χ1) is 8.99. The standard InChI is InChI=1S/C15H25N3S/c1-15(2)11-18(9-8-17(15)3)13-6-5-7-14(19-4)12(13)10-16/h5-7H,8-11,16H2,1-4H3. The second-order valence-corrected chi connectivity index (χ2v) is 6.67. The maximum atomic E-state index is 5.98. The van der Waals surface area contributed by atoms with E-state index in [9.17, 15) is 0 Å². The van der Waals surface area contributed by atoms with E-state index in [0.29, 0.717) is 6.54 Å². The lowest BCUT2D eigenvalue weighted by Crippen LogP contribution is -2.57. The SMILES string of the molecule is CSc1cccc(N2CCN(C)C(C)(C)C2)c1CN. The van der Waals surface area contributed by atoms with Gasteiger partial charge in [0.2, 0.25) is 0 Å². The average Bonchev–Trinajstić information content (AvgIpc) is 2.40. The highest BCUT2D eigenvalue weighted by Crippen LogP contribution is 2.32. The third-order valence-corrected chi connectivity index (χ3v) is 5.01. The first-order valence-electron chi connectivity index (χ1n) is 6.81. The van der Waals surface area contributed by atoms with Crippen molar-refractivity contribution in [2.75, 3.05) is 37.8 Å². The zero-order chi connectivity index (χ0) is 14.0. The van der Waals surface area contributed by atoms with E-state index >= 15 is 0 Å². The number of piperazine rings is 1. The Morgan fingerprint density at radius 2 is 2.05 bits per heavy atom. The van der Waals surface area contributed by atoms with Crippen LogP contribution in [-0.4, -0.2) is 43.4 Å². The van der Waals surface area contributed by atoms with Crippen molar-refractivity contribution in [3.63, 3.8) is 0 Å². The molecule has 1 fully saturated rings. The molecule has 1 aliphatic heterocycles. The van der Waals surface area contributed by atoms with Crippen molar-refractivity contribution in [1.82, 2.24) is 4.90 Å². The summed E-state index contributed by atoms with van der Waals surface area (Å²) in [5, 5.41) is 0. The lowest BCUT2D eigenvalue weighted by Gasteiger charge is -2.46. The molecule has 4 heteroatoms. The van der Waals surface area contributed by atoms with E-state index in [4.69, 9.17) is 5.73 Å². The molecule has 0 aromatic heterocycles. The van der Waals surface area contributed by atoms with Crippen molar-refractivity contribution < 1.29 is 0 Å². The topological polar surface area (TPSA) is 32.5 Å². The molecule has 1 aromatic rings. The molecule has 0 amide bonds. The van der Waals surface area contributed by atoms with E-state index in [2.05, 4.69) is 55.1 Å². The summed E-state index contributed by atoms with van der Waals surface area (Å²) >= 11 is 1.78. The van der Waals surface area contributed by atoms with Crippen LogP contribution < -0.4 is 10.6 Å². The van der Waals surface area contributed by atoms with Crippen LogP contribution in [0.2, 0.25) is 0 Å². The summed E-state index contributed by atoms with van der Waals surface area (Å²) in [7, 11) is 2.21. The van der Waals surface area contributed by atoms with Crippen LogP contribution >= 0.6 is 11.8 Å². The van der Waals surface area contributed by atoms with Gasteiger partial charge in [0.25, 0.3) is 0 Å². The molecule has 1 aromatic carbocycles. The predicted molar refractivity (Wildman–Crippen MR) is 85.0 cm³/mol. The number of benzene rings is 1. The van der Waals surface area contributed by atoms with Crippen molar-refractivity contribution in [1.29, 1.82) is 0 Å². The largest absolute Gasteiger partial charge is 0.368 e. The first-order valence-corrected chi connectivity index (χ1v) is 8.04. The monoisotopic (exact) mass is 279 g/mol. The minimum Gasteiger partial charge on any atom is -0.368 e. The van der Waals surface area contributed by atoms with Crippen LogP contribution in [0, 0.1) is 0 Å². The number of anilines is 1. The van der Waals surface area contributed by atoms with Crippen molar-refractivity contribution >= 4 is 17.4 Å². The fraction of sp³-hybridized carbons (Fsp3) is 0.600. The molecule has 0 atom stereocenters. The number of hydrogen-bond donors (Lipinski definition) is 1. The molecule has 2 rings (SSSR count). The molecule has 0 aliphatic carbocycles. The van der Waals surface area contributed by atoms with Crippen molar-refractivity contribution in [3.05, 3.63) is 23.8 Å². The van der Waals surface area contributed by atoms with Crippen LogP contribution in [0.4, 0.5) is 5.69 Å². The fourth-order valence-corrected chi connectivity index (χ4v) is 3.34. The quantitative estimate of drug-likeness (QED) is 0.861. The maximum Gasteiger partial charge on any atom is 0.0424 e. The zero-order valence-corrected chi connectivity index (χ0v) is 13.3. The molecular weight excluding hydrogens is 254 g/mol. The number of nitrogens with zero attached hydrogens (tertiary/aromatic N) is 2. The number of hydrogen-bond acceptors (Lipinski definition) is 4. The fourth-order valence-electron chi connectivity index (χ4n) is 2.69. The summed E-state index contributed by atoms with van der Waals surface area (Å²) in [5.41, 5.74) is 8.79. The van der Waals surface area contributed by atoms with Crippen LogP contribution in [0.25, 0.3) is 0 Å². The average molecular weight is 279 g/mol. The van der Waals surface area contributed by atoms with Gasteiger partial charge in [-0.2, -0.15) is 0 Å². The van der Waals surface area contributed by atoms with Gasteiger partial charge in [-0.25, -0.2) is 0 Å². The summed E-state index contributed by atoms with van der Waals surface area (Å²) in [6.07, 6.45) is 2.12. The minimum absolute atomic E-state index is 0.208. The Morgan fingerprint density at radius 3 is 2.63 bits per heavy atom. The normalized spacial score (nSPS) is 19.7. The van der Waals surface area contributed by atoms with Gasteiger partial charge in [-0.1, -0.05) is 6.07 Å². The van der Waals surface area contributed by atoms with Gasteiger partial charge in [0.05, 0.1) is 0 Å². The van der Waals surface area contributed by atoms with Gasteiger partial charge >= 0.3 is 0 Å². The molecule has 106 valence electrons. The smallest absolute Gasteiger partial charge is 0.0424 e. The van der Waals surface area contributed by atoms with E-state index < -0.39 is 0 Å². The molecule has 3 nitrogen and oxygen atoms in total. The van der Waals surface area contributed by atoms with E-state index in [1.165, 1.54) is 16.1 Å². The van der Waals surface area contributed by atoms with Crippen LogP contribution in [0.5, 0.6) is 0 Å². The number of likely N-dealkylation sites (N-methyl/N-ethyl adjacent to an activating group) is 1. The molecule has 1 saturated heterocycles. The highest BCUT2D eigenvalue weighted by Gasteiger charge is 2.31. The summed E-state index contributed by atoms with van der Waals surface area (Å²) in [5.74, 6) is 0. The Hall–Kier alpha value is -0.710. The highest BCUT2D eigenvalue weighted by molar-refractivity contribution is 7.98. The molecule has 0 spiro atoms. The van der Waals surface area contributed by atoms with Gasteiger partial charge in [-0.05, 0) is 39.3 Å². The Labute approximate surface area is 121 Å². The minimum atomic E-state index is 0.208. The van der Waals surface area contributed by atoms with E-state index in [1.807, 2.05) is 0 Å². The summed E-state index contributed by atoms with van der Waals surface area (Å²) in [6, 6.07) is 6.52. The van der Waals surface area contributed by atoms with Crippen LogP contribution in [-0.2, 0) is 6.54 Å². The Kier molecular flexibility index (Phi) is 4.43. The molecule has 0 radical (unpaired) electrons. The Morgan fingerprint density at radius 1 is 1.32 bits per heavy atom. The highest BCUT2D eigenvalue weighted by atomic mass is 32.2. The molecular formula is C15H25N3S. The second-order valence-electron chi connectivity index (χ2n) is 5.82. The van der Waals surface area contributed by atoms with Crippen molar-refractivity contribution in [3.8, 4) is 0 Å². The van der Waals surface area contributed by atoms with Crippen LogP contribution in [0.3, 0.4) is 0 Å². The van der Waals surface area contributed by atoms with Crippen molar-refractivity contribution in [2.24, 2.45) is 5.73 Å². The first kappa shape index (κ1) is 14.7. The number of thioether (sulfide) groups is 1. The van der Waals surface area contributed by atoms with Crippen molar-refractivity contribution in [2.45, 2.75) is 30.8 Å². The molecule has 19 heavy (non-hydrogen) atoms. The second kappa shape index (κ2) is 5.73. The van der Waals surface area contributed by atoms with Gasteiger partial charge in [0.1, 0.15) is 0 Å². The summed E-state index contributed by atoms with van der Waals surface area (Å²) < 4.78 is 0. The van der Waals surface area contributed by atoms with E-state index in [0.717, 1.165) is 19.6 Å². The molecule has 1 heterocycles. The molecule has 2 N–H and O–H groups in total. The zero-order valence-electron chi connectivity index (χ0n) is 12.4. The molecule has 0 bridgehead atoms. The number of nitrogens with two attached hydrogens (primary N) is 1. The molecule has 1 aliphatic rings. The molecule has 0 saturated carbocycles. The van der Waals surface area contributed by atoms with Gasteiger partial charge in [-0.3, -0.25) is 4.90 Å². The lowest BCUT2D eigenvalue weighted by atomic mass is 9.98. The van der Waals surface area contributed by atoms with E-state index in [1.54, 1.807) is 11.8 Å². The number of rotatable bonds is 3. The summed E-state index contributed by atoms with van der Waals surface area (Å²) in [4.78, 5) is 6.23. The Balaban J connectivity index is 2.32. The van der Waals surface area contributed by atoms with Crippen LogP contribution in [0.15, 0.2) is 23.1 Å². The predicted octanol–water partition coefficient (Wildman–Crippen LogP) is 2.40. The van der Waals surface area contributed by atoms with Gasteiger partial charge in [0, 0.05) is 47.9 Å². The van der Waals surface area contributed by atoms with Gasteiger partial charge in [-0.15, -0.1) is 11.8 Å². The summed E-state index contributed by atoms with van der Waals surface area (Å²) in [6.45, 7) is 8.44.